The van der Waals surface area contributed by atoms with E-state index in [1.807, 2.05) is 0 Å². The predicted molar refractivity (Wildman–Crippen MR) is 80.8 cm³/mol. The molecule has 0 aliphatic carbocycles. The Morgan fingerprint density at radius 1 is 1.40 bits per heavy atom. The Labute approximate surface area is 120 Å². The number of benzene rings is 1. The van der Waals surface area contributed by atoms with Gasteiger partial charge in [0.1, 0.15) is 5.82 Å². The van der Waals surface area contributed by atoms with E-state index in [1.54, 1.807) is 7.11 Å². The molecular formula is C16H23N3O. The van der Waals surface area contributed by atoms with Crippen LogP contribution in [-0.4, -0.2) is 29.8 Å². The van der Waals surface area contributed by atoms with Crippen molar-refractivity contribution in [1.82, 2.24) is 14.9 Å². The molecule has 1 atom stereocenters. The van der Waals surface area contributed by atoms with Gasteiger partial charge in [-0.2, -0.15) is 0 Å². The maximum Gasteiger partial charge on any atom is 0.130 e. The molecule has 1 aliphatic heterocycles. The quantitative estimate of drug-likeness (QED) is 0.910. The first-order valence-corrected chi connectivity index (χ1v) is 7.50. The zero-order valence-electron chi connectivity index (χ0n) is 12.4. The van der Waals surface area contributed by atoms with Crippen molar-refractivity contribution in [3.8, 4) is 0 Å². The maximum atomic E-state index is 5.28. The normalized spacial score (nSPS) is 22.7. The molecule has 108 valence electrons. The molecule has 4 nitrogen and oxygen atoms in total. The summed E-state index contributed by atoms with van der Waals surface area (Å²) in [6, 6.07) is 8.39. The molecule has 0 radical (unpaired) electrons. The molecule has 1 aromatic heterocycles. The van der Waals surface area contributed by atoms with Crippen LogP contribution < -0.4 is 5.32 Å². The van der Waals surface area contributed by atoms with Gasteiger partial charge in [0.15, 0.2) is 0 Å². The highest BCUT2D eigenvalue weighted by Gasteiger charge is 2.38. The monoisotopic (exact) mass is 273 g/mol. The first kappa shape index (κ1) is 13.6. The van der Waals surface area contributed by atoms with Crippen LogP contribution in [0.2, 0.25) is 0 Å². The highest BCUT2D eigenvalue weighted by atomic mass is 16.5. The van der Waals surface area contributed by atoms with Crippen molar-refractivity contribution in [3.05, 3.63) is 30.1 Å². The summed E-state index contributed by atoms with van der Waals surface area (Å²) >= 11 is 0. The third kappa shape index (κ3) is 2.13. The summed E-state index contributed by atoms with van der Waals surface area (Å²) < 4.78 is 7.61. The lowest BCUT2D eigenvalue weighted by molar-refractivity contribution is 0.184. The lowest BCUT2D eigenvalue weighted by Crippen LogP contribution is -2.39. The van der Waals surface area contributed by atoms with Gasteiger partial charge < -0.3 is 14.6 Å². The van der Waals surface area contributed by atoms with Crippen LogP contribution in [0.3, 0.4) is 0 Å². The minimum atomic E-state index is 0.0345. The third-order valence-corrected chi connectivity index (χ3v) is 4.45. The molecule has 0 spiro atoms. The second kappa shape index (κ2) is 5.54. The van der Waals surface area contributed by atoms with Crippen molar-refractivity contribution >= 4 is 11.0 Å². The van der Waals surface area contributed by atoms with Gasteiger partial charge in [-0.3, -0.25) is 0 Å². The molecule has 0 saturated carbocycles. The van der Waals surface area contributed by atoms with E-state index in [0.717, 1.165) is 25.0 Å². The number of nitrogens with one attached hydrogen (secondary N) is 1. The van der Waals surface area contributed by atoms with Crippen molar-refractivity contribution in [3.63, 3.8) is 0 Å². The van der Waals surface area contributed by atoms with Crippen LogP contribution >= 0.6 is 0 Å². The van der Waals surface area contributed by atoms with Crippen LogP contribution in [0.5, 0.6) is 0 Å². The lowest BCUT2D eigenvalue weighted by Gasteiger charge is -2.28. The Bertz CT molecular complexity index is 584. The summed E-state index contributed by atoms with van der Waals surface area (Å²) in [7, 11) is 1.75. The standard InChI is InChI=1S/C16H23N3O/c1-3-16(9-6-10-17-16)15-18-13-7-4-5-8-14(13)19(15)11-12-20-2/h4-5,7-8,17H,3,6,9-12H2,1-2H3. The first-order valence-electron chi connectivity index (χ1n) is 7.50. The van der Waals surface area contributed by atoms with E-state index in [-0.39, 0.29) is 5.54 Å². The third-order valence-electron chi connectivity index (χ3n) is 4.45. The molecule has 1 aliphatic rings. The molecule has 20 heavy (non-hydrogen) atoms. The summed E-state index contributed by atoms with van der Waals surface area (Å²) in [6.07, 6.45) is 3.46. The number of ether oxygens (including phenoxy) is 1. The van der Waals surface area contributed by atoms with E-state index in [4.69, 9.17) is 9.72 Å². The Kier molecular flexibility index (Phi) is 3.76. The van der Waals surface area contributed by atoms with Gasteiger partial charge in [0.05, 0.1) is 23.2 Å². The van der Waals surface area contributed by atoms with Crippen LogP contribution in [0.1, 0.15) is 32.0 Å². The van der Waals surface area contributed by atoms with Gasteiger partial charge in [-0.05, 0) is 37.9 Å². The van der Waals surface area contributed by atoms with E-state index >= 15 is 0 Å². The molecule has 4 heteroatoms. The number of hydrogen-bond donors (Lipinski definition) is 1. The van der Waals surface area contributed by atoms with Crippen LogP contribution in [0.4, 0.5) is 0 Å². The second-order valence-electron chi connectivity index (χ2n) is 5.53. The molecule has 0 bridgehead atoms. The highest BCUT2D eigenvalue weighted by molar-refractivity contribution is 5.76. The molecular weight excluding hydrogens is 250 g/mol. The number of rotatable bonds is 5. The molecule has 2 heterocycles. The van der Waals surface area contributed by atoms with Crippen molar-refractivity contribution < 1.29 is 4.74 Å². The summed E-state index contributed by atoms with van der Waals surface area (Å²) in [5, 5.41) is 3.69. The van der Waals surface area contributed by atoms with E-state index in [0.29, 0.717) is 6.61 Å². The number of methoxy groups -OCH3 is 1. The van der Waals surface area contributed by atoms with Crippen molar-refractivity contribution in [2.75, 3.05) is 20.3 Å². The van der Waals surface area contributed by atoms with Gasteiger partial charge in [-0.1, -0.05) is 19.1 Å². The summed E-state index contributed by atoms with van der Waals surface area (Å²) in [5.74, 6) is 1.18. The van der Waals surface area contributed by atoms with Crippen molar-refractivity contribution in [1.29, 1.82) is 0 Å². The zero-order chi connectivity index (χ0) is 14.0. The Balaban J connectivity index is 2.12. The van der Waals surface area contributed by atoms with E-state index in [9.17, 15) is 0 Å². The van der Waals surface area contributed by atoms with Crippen LogP contribution in [-0.2, 0) is 16.8 Å². The van der Waals surface area contributed by atoms with Gasteiger partial charge in [0.25, 0.3) is 0 Å². The van der Waals surface area contributed by atoms with E-state index < -0.39 is 0 Å². The van der Waals surface area contributed by atoms with Crippen LogP contribution in [0.25, 0.3) is 11.0 Å². The van der Waals surface area contributed by atoms with Gasteiger partial charge in [-0.25, -0.2) is 4.98 Å². The second-order valence-corrected chi connectivity index (χ2v) is 5.53. The van der Waals surface area contributed by atoms with E-state index in [1.165, 1.54) is 24.2 Å². The molecule has 1 unspecified atom stereocenters. The summed E-state index contributed by atoms with van der Waals surface area (Å²) in [5.41, 5.74) is 2.33. The van der Waals surface area contributed by atoms with Crippen molar-refractivity contribution in [2.24, 2.45) is 0 Å². The molecule has 1 N–H and O–H groups in total. The fraction of sp³-hybridized carbons (Fsp3) is 0.562. The largest absolute Gasteiger partial charge is 0.383 e. The Morgan fingerprint density at radius 2 is 2.25 bits per heavy atom. The molecule has 0 amide bonds. The fourth-order valence-corrected chi connectivity index (χ4v) is 3.31. The summed E-state index contributed by atoms with van der Waals surface area (Å²) in [6.45, 7) is 4.91. The summed E-state index contributed by atoms with van der Waals surface area (Å²) in [4.78, 5) is 4.94. The topological polar surface area (TPSA) is 39.1 Å². The maximum absolute atomic E-state index is 5.28. The number of imidazole rings is 1. The average molecular weight is 273 g/mol. The molecule has 1 saturated heterocycles. The molecule has 3 rings (SSSR count). The van der Waals surface area contributed by atoms with Gasteiger partial charge >= 0.3 is 0 Å². The van der Waals surface area contributed by atoms with Crippen molar-refractivity contribution in [2.45, 2.75) is 38.3 Å². The molecule has 2 aromatic rings. The number of aromatic nitrogens is 2. The zero-order valence-corrected chi connectivity index (χ0v) is 12.4. The molecule has 1 aromatic carbocycles. The predicted octanol–water partition coefficient (Wildman–Crippen LogP) is 2.67. The van der Waals surface area contributed by atoms with Crippen LogP contribution in [0, 0.1) is 0 Å². The van der Waals surface area contributed by atoms with E-state index in [2.05, 4.69) is 41.1 Å². The Morgan fingerprint density at radius 3 is 2.95 bits per heavy atom. The number of nitrogens with zero attached hydrogens (tertiary/aromatic N) is 2. The van der Waals surface area contributed by atoms with Crippen LogP contribution in [0.15, 0.2) is 24.3 Å². The lowest BCUT2D eigenvalue weighted by atomic mass is 9.93. The highest BCUT2D eigenvalue weighted by Crippen LogP contribution is 2.35. The molecule has 1 fully saturated rings. The fourth-order valence-electron chi connectivity index (χ4n) is 3.31. The smallest absolute Gasteiger partial charge is 0.130 e. The average Bonchev–Trinajstić information content (AvgIpc) is 3.10. The first-order chi connectivity index (χ1) is 9.80. The minimum Gasteiger partial charge on any atom is -0.383 e. The Hall–Kier alpha value is -1.39. The number of para-hydroxylation sites is 2. The van der Waals surface area contributed by atoms with Gasteiger partial charge in [0.2, 0.25) is 0 Å². The SMILES string of the molecule is CCC1(c2nc3ccccc3n2CCOC)CCCN1. The van der Waals surface area contributed by atoms with Gasteiger partial charge in [0, 0.05) is 13.7 Å². The number of fused-ring (bicyclic) bond motifs is 1. The number of hydrogen-bond acceptors (Lipinski definition) is 3. The van der Waals surface area contributed by atoms with Gasteiger partial charge in [-0.15, -0.1) is 0 Å². The minimum absolute atomic E-state index is 0.0345.